The SMILES string of the molecule is Cc1cccc(C)c1-n1nnnc1[C@H](C1C=c2ccccc2=CC1)N1CCN(C/C=C/c2ccccc2)CC1. The molecule has 6 nitrogen and oxygen atoms in total. The van der Waals surface area contributed by atoms with Crippen molar-refractivity contribution in [3.8, 4) is 5.69 Å². The topological polar surface area (TPSA) is 50.1 Å². The maximum Gasteiger partial charge on any atom is 0.174 e. The van der Waals surface area contributed by atoms with E-state index >= 15 is 0 Å². The lowest BCUT2D eigenvalue weighted by atomic mass is 9.88. The molecule has 1 aliphatic carbocycles. The van der Waals surface area contributed by atoms with Crippen LogP contribution in [0.2, 0.25) is 0 Å². The van der Waals surface area contributed by atoms with Crippen molar-refractivity contribution in [2.24, 2.45) is 5.92 Å². The fourth-order valence-electron chi connectivity index (χ4n) is 6.06. The summed E-state index contributed by atoms with van der Waals surface area (Å²) in [5.74, 6) is 1.22. The van der Waals surface area contributed by atoms with Crippen LogP contribution in [-0.2, 0) is 0 Å². The van der Waals surface area contributed by atoms with Gasteiger partial charge in [0, 0.05) is 38.6 Å². The number of nitrogens with zero attached hydrogens (tertiary/aromatic N) is 6. The number of tetrazole rings is 1. The van der Waals surface area contributed by atoms with Crippen molar-refractivity contribution in [3.05, 3.63) is 112 Å². The molecule has 0 spiro atoms. The molecule has 6 heteroatoms. The van der Waals surface area contributed by atoms with Crippen molar-refractivity contribution in [2.45, 2.75) is 26.3 Å². The highest BCUT2D eigenvalue weighted by atomic mass is 15.6. The van der Waals surface area contributed by atoms with E-state index in [1.54, 1.807) is 0 Å². The van der Waals surface area contributed by atoms with Crippen molar-refractivity contribution in [1.29, 1.82) is 0 Å². The van der Waals surface area contributed by atoms with Crippen molar-refractivity contribution in [3.63, 3.8) is 0 Å². The molecule has 4 aromatic rings. The highest BCUT2D eigenvalue weighted by molar-refractivity contribution is 5.49. The number of hydrogen-bond acceptors (Lipinski definition) is 5. The van der Waals surface area contributed by atoms with Gasteiger partial charge in [0.2, 0.25) is 0 Å². The molecule has 2 aliphatic rings. The highest BCUT2D eigenvalue weighted by Crippen LogP contribution is 2.34. The fourth-order valence-corrected chi connectivity index (χ4v) is 6.06. The predicted molar refractivity (Wildman–Crippen MR) is 158 cm³/mol. The van der Waals surface area contributed by atoms with Crippen LogP contribution in [-0.4, -0.2) is 62.7 Å². The number of hydrogen-bond donors (Lipinski definition) is 0. The summed E-state index contributed by atoms with van der Waals surface area (Å²) < 4.78 is 2.00. The van der Waals surface area contributed by atoms with Gasteiger partial charge in [0.1, 0.15) is 0 Å². The van der Waals surface area contributed by atoms with Gasteiger partial charge in [-0.15, -0.1) is 5.10 Å². The van der Waals surface area contributed by atoms with E-state index in [1.807, 2.05) is 4.68 Å². The Labute approximate surface area is 230 Å². The van der Waals surface area contributed by atoms with Crippen molar-refractivity contribution in [1.82, 2.24) is 30.0 Å². The third-order valence-electron chi connectivity index (χ3n) is 8.09. The number of aryl methyl sites for hydroxylation is 2. The van der Waals surface area contributed by atoms with Crippen LogP contribution in [0.15, 0.2) is 78.9 Å². The number of fused-ring (bicyclic) bond motifs is 1. The van der Waals surface area contributed by atoms with Gasteiger partial charge in [0.25, 0.3) is 0 Å². The molecule has 3 aromatic carbocycles. The zero-order chi connectivity index (χ0) is 26.6. The minimum atomic E-state index is 0.0885. The number of benzene rings is 3. The van der Waals surface area contributed by atoms with E-state index in [0.717, 1.165) is 50.7 Å². The lowest BCUT2D eigenvalue weighted by Crippen LogP contribution is -2.49. The normalized spacial score (nSPS) is 18.9. The minimum Gasteiger partial charge on any atom is -0.297 e. The number of piperazine rings is 1. The van der Waals surface area contributed by atoms with Crippen LogP contribution in [0.5, 0.6) is 0 Å². The highest BCUT2D eigenvalue weighted by Gasteiger charge is 2.35. The van der Waals surface area contributed by atoms with Gasteiger partial charge in [-0.2, -0.15) is 4.68 Å². The van der Waals surface area contributed by atoms with Gasteiger partial charge in [0.15, 0.2) is 5.82 Å². The van der Waals surface area contributed by atoms with Gasteiger partial charge in [-0.1, -0.05) is 97.1 Å². The summed E-state index contributed by atoms with van der Waals surface area (Å²) in [4.78, 5) is 5.14. The Hall–Kier alpha value is -3.87. The van der Waals surface area contributed by atoms with E-state index in [1.165, 1.54) is 27.1 Å². The molecule has 1 fully saturated rings. The van der Waals surface area contributed by atoms with Crippen LogP contribution in [0.3, 0.4) is 0 Å². The first kappa shape index (κ1) is 25.4. The number of para-hydroxylation sites is 1. The molecule has 39 heavy (non-hydrogen) atoms. The third kappa shape index (κ3) is 5.49. The molecule has 0 amide bonds. The first-order valence-electron chi connectivity index (χ1n) is 14.0. The quantitative estimate of drug-likeness (QED) is 0.373. The number of rotatable bonds is 7. The molecule has 0 bridgehead atoms. The van der Waals surface area contributed by atoms with Crippen LogP contribution < -0.4 is 10.4 Å². The summed E-state index contributed by atoms with van der Waals surface area (Å²) in [5.41, 5.74) is 4.70. The molecule has 0 N–H and O–H groups in total. The second kappa shape index (κ2) is 11.5. The second-order valence-corrected chi connectivity index (χ2v) is 10.7. The molecule has 1 unspecified atom stereocenters. The first-order chi connectivity index (χ1) is 19.2. The Bertz CT molecular complexity index is 1540. The van der Waals surface area contributed by atoms with Gasteiger partial charge in [-0.25, -0.2) is 0 Å². The fraction of sp³-hybridized carbons (Fsp3) is 0.303. The molecular weight excluding hydrogens is 480 g/mol. The lowest BCUT2D eigenvalue weighted by Gasteiger charge is -2.41. The van der Waals surface area contributed by atoms with Crippen molar-refractivity contribution in [2.75, 3.05) is 32.7 Å². The monoisotopic (exact) mass is 516 g/mol. The van der Waals surface area contributed by atoms with Crippen LogP contribution in [0, 0.1) is 19.8 Å². The Morgan fingerprint density at radius 3 is 2.33 bits per heavy atom. The molecule has 1 aromatic heterocycles. The predicted octanol–water partition coefficient (Wildman–Crippen LogP) is 3.93. The van der Waals surface area contributed by atoms with Crippen LogP contribution in [0.1, 0.15) is 35.0 Å². The van der Waals surface area contributed by atoms with E-state index in [4.69, 9.17) is 0 Å². The molecule has 1 saturated heterocycles. The third-order valence-corrected chi connectivity index (χ3v) is 8.09. The van der Waals surface area contributed by atoms with E-state index < -0.39 is 0 Å². The standard InChI is InChI=1S/C33H36N6/c1-25-10-8-11-26(2)31(25)39-33(34-35-36-39)32(30-18-17-28-15-6-7-16-29(28)24-30)38-22-20-37(21-23-38)19-9-14-27-12-4-3-5-13-27/h3-17,24,30,32H,18-23H2,1-2H3/b14-9+/t30?,32-/m0/s1. The van der Waals surface area contributed by atoms with Gasteiger partial charge in [-0.05, 0) is 57.8 Å². The molecule has 198 valence electrons. The molecule has 2 heterocycles. The Morgan fingerprint density at radius 1 is 0.846 bits per heavy atom. The number of aromatic nitrogens is 4. The van der Waals surface area contributed by atoms with Crippen LogP contribution in [0.4, 0.5) is 0 Å². The average Bonchev–Trinajstić information content (AvgIpc) is 3.43. The summed E-state index contributed by atoms with van der Waals surface area (Å²) in [5, 5.41) is 16.0. The van der Waals surface area contributed by atoms with Gasteiger partial charge >= 0.3 is 0 Å². The lowest BCUT2D eigenvalue weighted by molar-refractivity contribution is 0.0821. The van der Waals surface area contributed by atoms with Crippen molar-refractivity contribution >= 4 is 18.2 Å². The van der Waals surface area contributed by atoms with E-state index in [-0.39, 0.29) is 6.04 Å². The summed E-state index contributed by atoms with van der Waals surface area (Å²) in [6, 6.07) is 25.7. The smallest absolute Gasteiger partial charge is 0.174 e. The molecule has 1 aliphatic heterocycles. The average molecular weight is 517 g/mol. The van der Waals surface area contributed by atoms with Crippen LogP contribution >= 0.6 is 0 Å². The molecular formula is C33H36N6. The maximum absolute atomic E-state index is 4.69. The first-order valence-corrected chi connectivity index (χ1v) is 14.0. The maximum atomic E-state index is 4.69. The Kier molecular flexibility index (Phi) is 7.48. The van der Waals surface area contributed by atoms with E-state index in [9.17, 15) is 0 Å². The summed E-state index contributed by atoms with van der Waals surface area (Å²) in [6.45, 7) is 9.25. The summed E-state index contributed by atoms with van der Waals surface area (Å²) >= 11 is 0. The molecule has 0 radical (unpaired) electrons. The summed E-state index contributed by atoms with van der Waals surface area (Å²) in [7, 11) is 0. The largest absolute Gasteiger partial charge is 0.297 e. The Balaban J connectivity index is 1.28. The molecule has 6 rings (SSSR count). The minimum absolute atomic E-state index is 0.0885. The van der Waals surface area contributed by atoms with Crippen molar-refractivity contribution < 1.29 is 0 Å². The zero-order valence-corrected chi connectivity index (χ0v) is 22.8. The van der Waals surface area contributed by atoms with E-state index in [0.29, 0.717) is 5.92 Å². The van der Waals surface area contributed by atoms with Gasteiger partial charge in [0.05, 0.1) is 11.7 Å². The summed E-state index contributed by atoms with van der Waals surface area (Å²) in [6.07, 6.45) is 10.3. The van der Waals surface area contributed by atoms with Crippen LogP contribution in [0.25, 0.3) is 23.9 Å². The van der Waals surface area contributed by atoms with Gasteiger partial charge < -0.3 is 0 Å². The Morgan fingerprint density at radius 2 is 1.56 bits per heavy atom. The zero-order valence-electron chi connectivity index (χ0n) is 22.8. The van der Waals surface area contributed by atoms with Gasteiger partial charge in [-0.3, -0.25) is 9.80 Å². The van der Waals surface area contributed by atoms with E-state index in [2.05, 4.69) is 136 Å². The second-order valence-electron chi connectivity index (χ2n) is 10.7. The molecule has 2 atom stereocenters. The molecule has 0 saturated carbocycles.